The molecule has 122 valence electrons. The lowest BCUT2D eigenvalue weighted by molar-refractivity contribution is -0.116. The van der Waals surface area contributed by atoms with Gasteiger partial charge in [0, 0.05) is 23.6 Å². The van der Waals surface area contributed by atoms with E-state index < -0.39 is 0 Å². The summed E-state index contributed by atoms with van der Waals surface area (Å²) in [6.45, 7) is 5.98. The number of benzene rings is 1. The first kappa shape index (κ1) is 18.4. The van der Waals surface area contributed by atoms with E-state index in [1.54, 1.807) is 24.3 Å². The van der Waals surface area contributed by atoms with E-state index in [2.05, 4.69) is 12.2 Å². The van der Waals surface area contributed by atoms with Gasteiger partial charge in [-0.25, -0.2) is 0 Å². The van der Waals surface area contributed by atoms with Crippen molar-refractivity contribution in [2.45, 2.75) is 65.7 Å². The summed E-state index contributed by atoms with van der Waals surface area (Å²) in [5, 5.41) is 2.89. The number of amides is 1. The van der Waals surface area contributed by atoms with Crippen LogP contribution in [0.25, 0.3) is 0 Å². The minimum atomic E-state index is -0.00634. The Morgan fingerprint density at radius 1 is 0.955 bits per heavy atom. The fourth-order valence-electron chi connectivity index (χ4n) is 2.34. The number of ketones is 1. The fraction of sp³-hybridized carbons (Fsp3) is 0.579. The monoisotopic (exact) mass is 303 g/mol. The van der Waals surface area contributed by atoms with Crippen molar-refractivity contribution >= 4 is 17.4 Å². The molecular formula is C19H29NO2. The minimum Gasteiger partial charge on any atom is -0.326 e. The van der Waals surface area contributed by atoms with Crippen molar-refractivity contribution in [3.05, 3.63) is 29.8 Å². The first-order chi connectivity index (χ1) is 10.5. The summed E-state index contributed by atoms with van der Waals surface area (Å²) >= 11 is 0. The van der Waals surface area contributed by atoms with E-state index >= 15 is 0 Å². The predicted molar refractivity (Wildman–Crippen MR) is 92.2 cm³/mol. The minimum absolute atomic E-state index is 0.00634. The predicted octanol–water partition coefficient (Wildman–Crippen LogP) is 5.21. The topological polar surface area (TPSA) is 46.2 Å². The zero-order valence-corrected chi connectivity index (χ0v) is 14.2. The number of hydrogen-bond donors (Lipinski definition) is 1. The quantitative estimate of drug-likeness (QED) is 0.476. The molecule has 0 saturated carbocycles. The molecule has 0 saturated heterocycles. The number of carbonyl (C=O) groups excluding carboxylic acids is 2. The number of carbonyl (C=O) groups is 2. The van der Waals surface area contributed by atoms with Gasteiger partial charge in [0.15, 0.2) is 5.78 Å². The Morgan fingerprint density at radius 3 is 2.14 bits per heavy atom. The molecule has 1 rings (SSSR count). The number of unbranched alkanes of at least 4 members (excludes halogenated alkanes) is 5. The summed E-state index contributed by atoms with van der Waals surface area (Å²) in [5.41, 5.74) is 1.46. The molecule has 0 bridgehead atoms. The maximum Gasteiger partial charge on any atom is 0.224 e. The maximum atomic E-state index is 11.9. The molecule has 0 aliphatic rings. The van der Waals surface area contributed by atoms with Crippen molar-refractivity contribution in [3.63, 3.8) is 0 Å². The average molecular weight is 303 g/mol. The highest BCUT2D eigenvalue weighted by atomic mass is 16.1. The zero-order chi connectivity index (χ0) is 16.4. The normalized spacial score (nSPS) is 10.7. The van der Waals surface area contributed by atoms with Gasteiger partial charge < -0.3 is 5.32 Å². The third kappa shape index (κ3) is 6.88. The third-order valence-corrected chi connectivity index (χ3v) is 3.73. The lowest BCUT2D eigenvalue weighted by Crippen LogP contribution is -2.12. The molecule has 0 heterocycles. The van der Waals surface area contributed by atoms with Gasteiger partial charge in [0.05, 0.1) is 0 Å². The molecule has 0 aliphatic heterocycles. The van der Waals surface area contributed by atoms with E-state index in [9.17, 15) is 9.59 Å². The summed E-state index contributed by atoms with van der Waals surface area (Å²) in [4.78, 5) is 23.7. The Labute approximate surface area is 134 Å². The maximum absolute atomic E-state index is 11.9. The van der Waals surface area contributed by atoms with Gasteiger partial charge in [0.1, 0.15) is 0 Å². The smallest absolute Gasteiger partial charge is 0.224 e. The van der Waals surface area contributed by atoms with Crippen molar-refractivity contribution in [2.75, 3.05) is 5.32 Å². The highest BCUT2D eigenvalue weighted by Crippen LogP contribution is 2.14. The van der Waals surface area contributed by atoms with Crippen LogP contribution in [0.5, 0.6) is 0 Å². The molecule has 0 spiro atoms. The second-order valence-corrected chi connectivity index (χ2v) is 6.16. The number of hydrogen-bond acceptors (Lipinski definition) is 2. The van der Waals surface area contributed by atoms with Crippen LogP contribution in [0.3, 0.4) is 0 Å². The Balaban J connectivity index is 2.31. The van der Waals surface area contributed by atoms with Gasteiger partial charge >= 0.3 is 0 Å². The molecule has 1 N–H and O–H groups in total. The second kappa shape index (κ2) is 10.1. The molecular weight excluding hydrogens is 274 g/mol. The molecule has 3 nitrogen and oxygen atoms in total. The van der Waals surface area contributed by atoms with E-state index in [0.717, 1.165) is 18.5 Å². The first-order valence-corrected chi connectivity index (χ1v) is 8.48. The summed E-state index contributed by atoms with van der Waals surface area (Å²) < 4.78 is 0. The van der Waals surface area contributed by atoms with Crippen LogP contribution < -0.4 is 5.32 Å². The SMILES string of the molecule is CCCCCCCCC(=O)Nc1ccc(C(=O)C(C)C)cc1. The van der Waals surface area contributed by atoms with Crippen molar-refractivity contribution < 1.29 is 9.59 Å². The van der Waals surface area contributed by atoms with Crippen molar-refractivity contribution in [3.8, 4) is 0 Å². The van der Waals surface area contributed by atoms with Gasteiger partial charge in [-0.05, 0) is 30.7 Å². The molecule has 1 amide bonds. The van der Waals surface area contributed by atoms with Crippen molar-refractivity contribution in [1.82, 2.24) is 0 Å². The van der Waals surface area contributed by atoms with E-state index in [1.165, 1.54) is 25.7 Å². The van der Waals surface area contributed by atoms with Gasteiger partial charge in [0.2, 0.25) is 5.91 Å². The van der Waals surface area contributed by atoms with Gasteiger partial charge in [-0.1, -0.05) is 52.9 Å². The van der Waals surface area contributed by atoms with Crippen LogP contribution in [0.4, 0.5) is 5.69 Å². The Kier molecular flexibility index (Phi) is 8.49. The molecule has 3 heteroatoms. The van der Waals surface area contributed by atoms with Crippen LogP contribution in [0.1, 0.15) is 76.1 Å². The Morgan fingerprint density at radius 2 is 1.55 bits per heavy atom. The number of anilines is 1. The molecule has 1 aromatic rings. The molecule has 0 aliphatic carbocycles. The lowest BCUT2D eigenvalue weighted by Gasteiger charge is -2.07. The van der Waals surface area contributed by atoms with Crippen molar-refractivity contribution in [2.24, 2.45) is 5.92 Å². The average Bonchev–Trinajstić information content (AvgIpc) is 2.50. The Bertz CT molecular complexity index is 463. The van der Waals surface area contributed by atoms with Gasteiger partial charge in [-0.2, -0.15) is 0 Å². The number of nitrogens with one attached hydrogen (secondary N) is 1. The van der Waals surface area contributed by atoms with E-state index in [-0.39, 0.29) is 17.6 Å². The van der Waals surface area contributed by atoms with Gasteiger partial charge in [-0.15, -0.1) is 0 Å². The molecule has 0 aromatic heterocycles. The summed E-state index contributed by atoms with van der Waals surface area (Å²) in [5.74, 6) is 0.177. The van der Waals surface area contributed by atoms with Crippen LogP contribution in [0.15, 0.2) is 24.3 Å². The Hall–Kier alpha value is -1.64. The van der Waals surface area contributed by atoms with Crippen LogP contribution in [0, 0.1) is 5.92 Å². The standard InChI is InChI=1S/C19H29NO2/c1-4-5-6-7-8-9-10-18(21)20-17-13-11-16(12-14-17)19(22)15(2)3/h11-15H,4-10H2,1-3H3,(H,20,21). The van der Waals surface area contributed by atoms with Crippen LogP contribution in [-0.4, -0.2) is 11.7 Å². The van der Waals surface area contributed by atoms with Crippen LogP contribution in [-0.2, 0) is 4.79 Å². The highest BCUT2D eigenvalue weighted by Gasteiger charge is 2.10. The molecule has 0 radical (unpaired) electrons. The van der Waals surface area contributed by atoms with Crippen LogP contribution >= 0.6 is 0 Å². The van der Waals surface area contributed by atoms with E-state index in [4.69, 9.17) is 0 Å². The van der Waals surface area contributed by atoms with Crippen LogP contribution in [0.2, 0.25) is 0 Å². The lowest BCUT2D eigenvalue weighted by atomic mass is 10.0. The van der Waals surface area contributed by atoms with Gasteiger partial charge in [-0.3, -0.25) is 9.59 Å². The summed E-state index contributed by atoms with van der Waals surface area (Å²) in [7, 11) is 0. The van der Waals surface area contributed by atoms with Crippen molar-refractivity contribution in [1.29, 1.82) is 0 Å². The fourth-order valence-corrected chi connectivity index (χ4v) is 2.34. The van der Waals surface area contributed by atoms with E-state index in [1.807, 2.05) is 13.8 Å². The third-order valence-electron chi connectivity index (χ3n) is 3.73. The number of rotatable bonds is 10. The highest BCUT2D eigenvalue weighted by molar-refractivity contribution is 5.98. The molecule has 0 atom stereocenters. The molecule has 22 heavy (non-hydrogen) atoms. The largest absolute Gasteiger partial charge is 0.326 e. The summed E-state index contributed by atoms with van der Waals surface area (Å²) in [6, 6.07) is 7.16. The van der Waals surface area contributed by atoms with E-state index in [0.29, 0.717) is 12.0 Å². The molecule has 0 unspecified atom stereocenters. The summed E-state index contributed by atoms with van der Waals surface area (Å²) in [6.07, 6.45) is 7.65. The second-order valence-electron chi connectivity index (χ2n) is 6.16. The van der Waals surface area contributed by atoms with Gasteiger partial charge in [0.25, 0.3) is 0 Å². The molecule has 1 aromatic carbocycles. The first-order valence-electron chi connectivity index (χ1n) is 8.48. The number of Topliss-reactive ketones (excluding diaryl/α,β-unsaturated/α-hetero) is 1. The molecule has 0 fully saturated rings. The zero-order valence-electron chi connectivity index (χ0n) is 14.2.